The zero-order valence-corrected chi connectivity index (χ0v) is 40.8. The first-order valence-corrected chi connectivity index (χ1v) is 22.3. The van der Waals surface area contributed by atoms with Crippen LogP contribution in [0.4, 0.5) is 9.59 Å². The molecule has 0 aromatic heterocycles. The van der Waals surface area contributed by atoms with Crippen molar-refractivity contribution in [2.45, 2.75) is 104 Å². The molecule has 3 heterocycles. The van der Waals surface area contributed by atoms with Crippen molar-refractivity contribution in [1.29, 1.82) is 0 Å². The Morgan fingerprint density at radius 1 is 0.641 bits per heavy atom. The van der Waals surface area contributed by atoms with E-state index in [9.17, 15) is 19.2 Å². The van der Waals surface area contributed by atoms with Gasteiger partial charge in [-0.05, 0) is 151 Å². The maximum Gasteiger partial charge on any atom is 0.490 e. The number of carbonyl (C=O) groups is 4. The van der Waals surface area contributed by atoms with Crippen LogP contribution in [-0.4, -0.2) is 104 Å². The lowest BCUT2D eigenvalue weighted by Crippen LogP contribution is -2.41. The van der Waals surface area contributed by atoms with E-state index in [0.717, 1.165) is 49.9 Å². The van der Waals surface area contributed by atoms with Gasteiger partial charge in [0, 0.05) is 30.7 Å². The first-order valence-electron chi connectivity index (χ1n) is 21.5. The normalized spacial score (nSPS) is 16.9. The molecular weight excluding hydrogens is 879 g/mol. The summed E-state index contributed by atoms with van der Waals surface area (Å²) in [5, 5.41) is 4.19. The Morgan fingerprint density at radius 3 is 1.56 bits per heavy atom. The van der Waals surface area contributed by atoms with Crippen LogP contribution < -0.4 is 0 Å². The zero-order chi connectivity index (χ0) is 47.2. The number of nitrogens with zero attached hydrogens (tertiary/aromatic N) is 2. The predicted octanol–water partition coefficient (Wildman–Crippen LogP) is 11.2. The van der Waals surface area contributed by atoms with Crippen molar-refractivity contribution in [3.05, 3.63) is 112 Å². The van der Waals surface area contributed by atoms with Gasteiger partial charge in [0.2, 0.25) is 0 Å². The lowest BCUT2D eigenvalue weighted by Gasteiger charge is -2.32. The summed E-state index contributed by atoms with van der Waals surface area (Å²) in [6.07, 6.45) is 5.06. The highest BCUT2D eigenvalue weighted by Gasteiger charge is 2.52. The molecule has 3 aliphatic rings. The number of fused-ring (bicyclic) bond motifs is 2. The van der Waals surface area contributed by atoms with E-state index >= 15 is 0 Å². The molecule has 4 aromatic carbocycles. The number of carbonyl (C=O) groups excluding carboxylic acids is 4. The van der Waals surface area contributed by atoms with Crippen LogP contribution in [0.15, 0.2) is 94.9 Å². The second-order valence-corrected chi connectivity index (χ2v) is 19.7. The van der Waals surface area contributed by atoms with E-state index < -0.39 is 11.2 Å². The van der Waals surface area contributed by atoms with Gasteiger partial charge in [-0.1, -0.05) is 70.5 Å². The van der Waals surface area contributed by atoms with Gasteiger partial charge in [0.1, 0.15) is 11.2 Å². The molecule has 2 amide bonds. The van der Waals surface area contributed by atoms with E-state index in [4.69, 9.17) is 23.5 Å². The highest BCUT2D eigenvalue weighted by molar-refractivity contribution is 9.10. The Bertz CT molecular complexity index is 2410. The lowest BCUT2D eigenvalue weighted by atomic mass is 9.75. The molecular formula is C50H62BBrN2O10. The average molecular weight is 942 g/mol. The second kappa shape index (κ2) is 20.3. The van der Waals surface area contributed by atoms with E-state index in [1.54, 1.807) is 21.9 Å². The van der Waals surface area contributed by atoms with Crippen LogP contribution in [0.25, 0.3) is 27.1 Å². The number of hydrogen-bond donors (Lipinski definition) is 0. The van der Waals surface area contributed by atoms with Crippen LogP contribution in [0.5, 0.6) is 0 Å². The van der Waals surface area contributed by atoms with Crippen LogP contribution in [0, 0.1) is 0 Å². The molecule has 14 heteroatoms. The molecule has 1 saturated heterocycles. The van der Waals surface area contributed by atoms with Crippen molar-refractivity contribution in [2.75, 3.05) is 40.4 Å². The molecule has 64 heavy (non-hydrogen) atoms. The number of methoxy groups -OCH3 is 2. The van der Waals surface area contributed by atoms with Crippen LogP contribution in [0.1, 0.15) is 108 Å². The third-order valence-electron chi connectivity index (χ3n) is 11.2. The van der Waals surface area contributed by atoms with E-state index in [2.05, 4.69) is 32.8 Å². The van der Waals surface area contributed by atoms with E-state index in [-0.39, 0.29) is 42.4 Å². The summed E-state index contributed by atoms with van der Waals surface area (Å²) in [4.78, 5) is 50.8. The minimum atomic E-state index is -0.492. The summed E-state index contributed by atoms with van der Waals surface area (Å²) in [6.45, 7) is 21.7. The molecule has 0 spiro atoms. The SMILES string of the molecule is CC(C)(C)OC(=O)N1CC=C(B2OC(C)(C)C(C)(C)O2)CC1.COC(=O)c1ccc2c(Br)cccc2c1.COC(=O)c1ccc2c(C3=CCN(C(=O)OC(C)(C)C)CC3)cccc2c1. The van der Waals surface area contributed by atoms with Crippen molar-refractivity contribution < 1.29 is 47.4 Å². The fourth-order valence-electron chi connectivity index (χ4n) is 7.09. The monoisotopic (exact) mass is 940 g/mol. The first kappa shape index (κ1) is 49.8. The van der Waals surface area contributed by atoms with Gasteiger partial charge in [0.25, 0.3) is 0 Å². The second-order valence-electron chi connectivity index (χ2n) is 18.8. The molecule has 3 aliphatic heterocycles. The topological polar surface area (TPSA) is 130 Å². The molecule has 0 aliphatic carbocycles. The molecule has 0 saturated carbocycles. The van der Waals surface area contributed by atoms with Crippen molar-refractivity contribution in [3.8, 4) is 0 Å². The largest absolute Gasteiger partial charge is 0.490 e. The van der Waals surface area contributed by atoms with Crippen molar-refractivity contribution in [3.63, 3.8) is 0 Å². The standard InChI is InChI=1S/C22H25NO4.C16H28BNO4.C12H9BrO2/c1-22(2,3)27-21(25)23-12-10-15(11-13-23)18-7-5-6-16-14-17(20(24)26-4)8-9-19(16)18;1-14(2,3)20-13(19)18-10-8-12(9-11-18)17-21-15(4,5)16(6,7)22-17;1-15-12(14)9-5-6-10-8(7-9)3-2-4-11(10)13/h5-10,14H,11-13H2,1-4H3;8H,9-11H2,1-7H3;2-7H,1H3. The number of ether oxygens (including phenoxy) is 4. The number of amides is 2. The molecule has 0 atom stereocenters. The van der Waals surface area contributed by atoms with Gasteiger partial charge in [-0.15, -0.1) is 0 Å². The molecule has 12 nitrogen and oxygen atoms in total. The average Bonchev–Trinajstić information content (AvgIpc) is 3.47. The Morgan fingerprint density at radius 2 is 1.11 bits per heavy atom. The van der Waals surface area contributed by atoms with Crippen LogP contribution >= 0.6 is 15.9 Å². The highest BCUT2D eigenvalue weighted by Crippen LogP contribution is 2.39. The molecule has 1 fully saturated rings. The molecule has 7 rings (SSSR count). The molecule has 4 aromatic rings. The quantitative estimate of drug-likeness (QED) is 0.111. The Hall–Kier alpha value is -5.18. The van der Waals surface area contributed by atoms with Crippen LogP contribution in [-0.2, 0) is 28.3 Å². The summed E-state index contributed by atoms with van der Waals surface area (Å²) in [6, 6.07) is 23.0. The number of esters is 2. The fourth-order valence-corrected chi connectivity index (χ4v) is 7.60. The van der Waals surface area contributed by atoms with Crippen molar-refractivity contribution in [1.82, 2.24) is 9.80 Å². The summed E-state index contributed by atoms with van der Waals surface area (Å²) in [5.74, 6) is -0.649. The van der Waals surface area contributed by atoms with Crippen molar-refractivity contribution in [2.24, 2.45) is 0 Å². The summed E-state index contributed by atoms with van der Waals surface area (Å²) in [5.41, 5.74) is 2.93. The summed E-state index contributed by atoms with van der Waals surface area (Å²) in [7, 11) is 2.45. The Balaban J connectivity index is 0.000000188. The highest BCUT2D eigenvalue weighted by atomic mass is 79.9. The van der Waals surface area contributed by atoms with Gasteiger partial charge in [-0.3, -0.25) is 0 Å². The number of halogens is 1. The van der Waals surface area contributed by atoms with E-state index in [1.165, 1.54) is 19.8 Å². The lowest BCUT2D eigenvalue weighted by molar-refractivity contribution is 0.00578. The summed E-state index contributed by atoms with van der Waals surface area (Å²) >= 11 is 3.46. The smallest absolute Gasteiger partial charge is 0.465 e. The third kappa shape index (κ3) is 12.8. The van der Waals surface area contributed by atoms with Gasteiger partial charge in [0.05, 0.1) is 36.5 Å². The minimum absolute atomic E-state index is 0.267. The maximum absolute atomic E-state index is 12.2. The van der Waals surface area contributed by atoms with Crippen molar-refractivity contribution >= 4 is 74.3 Å². The third-order valence-corrected chi connectivity index (χ3v) is 11.9. The maximum atomic E-state index is 12.2. The molecule has 0 unspecified atom stereocenters. The van der Waals surface area contributed by atoms with E-state index in [1.807, 2.05) is 130 Å². The fraction of sp³-hybridized carbons (Fsp3) is 0.440. The van der Waals surface area contributed by atoms with Crippen LogP contribution in [0.2, 0.25) is 0 Å². The van der Waals surface area contributed by atoms with Gasteiger partial charge < -0.3 is 38.1 Å². The Kier molecular flexibility index (Phi) is 15.8. The molecule has 0 bridgehead atoms. The molecule has 0 radical (unpaired) electrons. The minimum Gasteiger partial charge on any atom is -0.465 e. The van der Waals surface area contributed by atoms with Gasteiger partial charge >= 0.3 is 31.2 Å². The van der Waals surface area contributed by atoms with Gasteiger partial charge in [-0.25, -0.2) is 19.2 Å². The number of rotatable bonds is 4. The predicted molar refractivity (Wildman–Crippen MR) is 255 cm³/mol. The summed E-state index contributed by atoms with van der Waals surface area (Å²) < 4.78 is 33.4. The molecule has 0 N–H and O–H groups in total. The Labute approximate surface area is 386 Å². The zero-order valence-electron chi connectivity index (χ0n) is 39.3. The van der Waals surface area contributed by atoms with Gasteiger partial charge in [0.15, 0.2) is 0 Å². The van der Waals surface area contributed by atoms with Crippen LogP contribution in [0.3, 0.4) is 0 Å². The number of hydrogen-bond acceptors (Lipinski definition) is 10. The van der Waals surface area contributed by atoms with Gasteiger partial charge in [-0.2, -0.15) is 0 Å². The first-order chi connectivity index (χ1) is 29.9. The van der Waals surface area contributed by atoms with E-state index in [0.29, 0.717) is 37.3 Å². The number of benzene rings is 4. The molecule has 342 valence electrons.